The number of anilines is 1. The summed E-state index contributed by atoms with van der Waals surface area (Å²) in [5.41, 5.74) is 9.50. The zero-order valence-electron chi connectivity index (χ0n) is 35.8. The third-order valence-corrected chi connectivity index (χ3v) is 12.7. The Morgan fingerprint density at radius 3 is 1.48 bits per heavy atom. The zero-order chi connectivity index (χ0) is 45.5. The summed E-state index contributed by atoms with van der Waals surface area (Å²) in [5.74, 6) is 0.259. The maximum absolute atomic E-state index is 13.2. The molecular weight excluding hydrogens is 865 g/mol. The molecular formula is C48H52Cl2F2N6O6. The quantitative estimate of drug-likeness (QED) is 0.0604. The highest BCUT2D eigenvalue weighted by atomic mass is 35.5. The van der Waals surface area contributed by atoms with Crippen LogP contribution in [0.3, 0.4) is 0 Å². The Morgan fingerprint density at radius 1 is 0.688 bits per heavy atom. The number of nitrogens with two attached hydrogens (primary N) is 1. The molecule has 0 radical (unpaired) electrons. The lowest BCUT2D eigenvalue weighted by Crippen LogP contribution is -2.55. The first-order valence-electron chi connectivity index (χ1n) is 21.6. The Hall–Kier alpha value is -5.54. The van der Waals surface area contributed by atoms with E-state index in [2.05, 4.69) is 9.80 Å². The fraction of sp³-hybridized carbons (Fsp3) is 0.375. The molecule has 0 spiro atoms. The average Bonchev–Trinajstić information content (AvgIpc) is 3.70. The number of fused-ring (bicyclic) bond motifs is 4. The maximum atomic E-state index is 13.2. The molecule has 2 amide bonds. The second kappa shape index (κ2) is 21.0. The van der Waals surface area contributed by atoms with E-state index in [4.69, 9.17) is 38.4 Å². The molecule has 4 unspecified atom stereocenters. The standard InChI is InChI=1S/C24H25ClFN3O4.C24H27ClFN3O2/c1-2-33-23-11-17(22(29(31)32)12-21(23)25)5-10-24(30)28-19-8-9-20(28)15-27(14-19)13-16-3-6-18(26)7-4-16;1-2-31-23-11-17(22(27)12-21(23)25)5-10-24(30)29-19-8-9-20(29)15-28(14-19)13-16-3-6-18(26)7-4-16/h3-7,10-12,19-20H,2,8-9,13-15H2,1H3;3-7,10-12,19-20H,2,8-9,13-15,27H2,1H3/b2*10-5+. The van der Waals surface area contributed by atoms with Crippen molar-refractivity contribution in [2.24, 2.45) is 0 Å². The van der Waals surface area contributed by atoms with Crippen molar-refractivity contribution in [3.8, 4) is 11.5 Å². The number of hydrogen-bond acceptors (Lipinski definition) is 9. The molecule has 16 heteroatoms. The van der Waals surface area contributed by atoms with Crippen molar-refractivity contribution in [2.45, 2.75) is 76.8 Å². The van der Waals surface area contributed by atoms with E-state index in [9.17, 15) is 28.5 Å². The summed E-state index contributed by atoms with van der Waals surface area (Å²) in [4.78, 5) is 45.5. The molecule has 4 atom stereocenters. The minimum absolute atomic E-state index is 0.00115. The number of likely N-dealkylation sites (tertiary alicyclic amines) is 2. The number of hydrogen-bond donors (Lipinski definition) is 1. The third kappa shape index (κ3) is 11.2. The molecule has 4 aliphatic heterocycles. The monoisotopic (exact) mass is 916 g/mol. The van der Waals surface area contributed by atoms with E-state index in [0.717, 1.165) is 69.5 Å². The van der Waals surface area contributed by atoms with E-state index in [0.29, 0.717) is 47.5 Å². The lowest BCUT2D eigenvalue weighted by molar-refractivity contribution is -0.385. The van der Waals surface area contributed by atoms with Crippen LogP contribution in [0.5, 0.6) is 11.5 Å². The largest absolute Gasteiger partial charge is 0.492 e. The zero-order valence-corrected chi connectivity index (χ0v) is 37.3. The number of rotatable bonds is 13. The van der Waals surface area contributed by atoms with Crippen molar-refractivity contribution in [3.05, 3.63) is 139 Å². The Kier molecular flexibility index (Phi) is 15.2. The van der Waals surface area contributed by atoms with E-state index in [-0.39, 0.29) is 63.9 Å². The number of nitro groups is 1. The molecule has 4 aromatic carbocycles. The van der Waals surface area contributed by atoms with Gasteiger partial charge >= 0.3 is 0 Å². The van der Waals surface area contributed by atoms with Crippen LogP contribution in [-0.2, 0) is 22.7 Å². The third-order valence-electron chi connectivity index (χ3n) is 12.1. The van der Waals surface area contributed by atoms with Gasteiger partial charge in [0.25, 0.3) is 5.69 Å². The van der Waals surface area contributed by atoms with Gasteiger partial charge in [-0.15, -0.1) is 0 Å². The van der Waals surface area contributed by atoms with Gasteiger partial charge in [0.1, 0.15) is 23.1 Å². The first kappa shape index (κ1) is 46.5. The molecule has 2 N–H and O–H groups in total. The molecule has 0 saturated carbocycles. The Labute approximate surface area is 381 Å². The number of ether oxygens (including phenoxy) is 2. The molecule has 0 aromatic heterocycles. The lowest BCUT2D eigenvalue weighted by Gasteiger charge is -2.40. The van der Waals surface area contributed by atoms with Crippen LogP contribution in [0.1, 0.15) is 61.8 Å². The van der Waals surface area contributed by atoms with Gasteiger partial charge in [0.15, 0.2) is 0 Å². The molecule has 4 aliphatic rings. The second-order valence-electron chi connectivity index (χ2n) is 16.4. The van der Waals surface area contributed by atoms with Crippen LogP contribution < -0.4 is 15.2 Å². The number of piperazine rings is 2. The van der Waals surface area contributed by atoms with E-state index in [1.807, 2.05) is 28.9 Å². The van der Waals surface area contributed by atoms with Gasteiger partial charge in [-0.25, -0.2) is 8.78 Å². The van der Waals surface area contributed by atoms with Crippen LogP contribution in [-0.4, -0.2) is 99.9 Å². The summed E-state index contributed by atoms with van der Waals surface area (Å²) >= 11 is 12.2. The molecule has 4 saturated heterocycles. The number of carbonyl (C=O) groups excluding carboxylic acids is 2. The molecule has 4 aromatic rings. The van der Waals surface area contributed by atoms with Crippen molar-refractivity contribution < 1.29 is 32.8 Å². The SMILES string of the molecule is CCOc1cc(/C=C/C(=O)N2C3CCC2CN(Cc2ccc(F)cc2)C3)c(N)cc1Cl.CCOc1cc(/C=C/C(=O)N2C3CCC2CN(Cc2ccc(F)cc2)C3)c([N+](=O)[O-])cc1Cl. The molecule has 12 nitrogen and oxygen atoms in total. The fourth-order valence-electron chi connectivity index (χ4n) is 9.26. The minimum atomic E-state index is -0.524. The summed E-state index contributed by atoms with van der Waals surface area (Å²) < 4.78 is 37.3. The highest BCUT2D eigenvalue weighted by Gasteiger charge is 2.43. The summed E-state index contributed by atoms with van der Waals surface area (Å²) in [7, 11) is 0. The highest BCUT2D eigenvalue weighted by Crippen LogP contribution is 2.36. The smallest absolute Gasteiger partial charge is 0.278 e. The number of nitrogen functional groups attached to an aromatic ring is 1. The topological polar surface area (TPSA) is 135 Å². The van der Waals surface area contributed by atoms with Gasteiger partial charge in [0, 0.05) is 92.9 Å². The van der Waals surface area contributed by atoms with E-state index >= 15 is 0 Å². The normalized spacial score (nSPS) is 20.7. The number of nitro benzene ring substituents is 1. The maximum Gasteiger partial charge on any atom is 0.278 e. The van der Waals surface area contributed by atoms with Crippen molar-refractivity contribution in [3.63, 3.8) is 0 Å². The highest BCUT2D eigenvalue weighted by molar-refractivity contribution is 6.32. The summed E-state index contributed by atoms with van der Waals surface area (Å²) in [5, 5.41) is 12.1. The van der Waals surface area contributed by atoms with Crippen molar-refractivity contribution in [2.75, 3.05) is 45.1 Å². The number of halogens is 4. The van der Waals surface area contributed by atoms with Crippen molar-refractivity contribution in [1.29, 1.82) is 0 Å². The summed E-state index contributed by atoms with van der Waals surface area (Å²) in [6, 6.07) is 19.8. The summed E-state index contributed by atoms with van der Waals surface area (Å²) in [6.07, 6.45) is 10.0. The lowest BCUT2D eigenvalue weighted by atomic mass is 10.1. The van der Waals surface area contributed by atoms with E-state index in [1.54, 1.807) is 43.3 Å². The van der Waals surface area contributed by atoms with Crippen LogP contribution in [0.25, 0.3) is 12.2 Å². The molecule has 4 bridgehead atoms. The number of amides is 2. The van der Waals surface area contributed by atoms with Crippen molar-refractivity contribution >= 4 is 58.5 Å². The number of benzene rings is 4. The van der Waals surface area contributed by atoms with Crippen LogP contribution in [0.2, 0.25) is 10.0 Å². The van der Waals surface area contributed by atoms with Crippen LogP contribution in [0.15, 0.2) is 84.9 Å². The van der Waals surface area contributed by atoms with Gasteiger partial charge in [0.05, 0.1) is 33.7 Å². The fourth-order valence-corrected chi connectivity index (χ4v) is 9.70. The predicted molar refractivity (Wildman–Crippen MR) is 245 cm³/mol. The van der Waals surface area contributed by atoms with Crippen LogP contribution >= 0.6 is 23.2 Å². The van der Waals surface area contributed by atoms with Crippen molar-refractivity contribution in [1.82, 2.24) is 19.6 Å². The van der Waals surface area contributed by atoms with Crippen LogP contribution in [0.4, 0.5) is 20.2 Å². The summed E-state index contributed by atoms with van der Waals surface area (Å²) in [6.45, 7) is 9.15. The second-order valence-corrected chi connectivity index (χ2v) is 17.3. The van der Waals surface area contributed by atoms with Crippen LogP contribution in [0, 0.1) is 21.7 Å². The Balaban J connectivity index is 0.000000192. The number of carbonyl (C=O) groups is 2. The Bertz CT molecular complexity index is 2360. The molecule has 4 heterocycles. The first-order valence-corrected chi connectivity index (χ1v) is 22.3. The van der Waals surface area contributed by atoms with Gasteiger partial charge in [-0.2, -0.15) is 0 Å². The van der Waals surface area contributed by atoms with Gasteiger partial charge in [-0.3, -0.25) is 29.5 Å². The molecule has 338 valence electrons. The van der Waals surface area contributed by atoms with Gasteiger partial charge in [0.2, 0.25) is 11.8 Å². The van der Waals surface area contributed by atoms with Gasteiger partial charge in [-0.05, 0) is 105 Å². The predicted octanol–water partition coefficient (Wildman–Crippen LogP) is 9.02. The molecule has 4 fully saturated rings. The first-order chi connectivity index (χ1) is 30.8. The van der Waals surface area contributed by atoms with Gasteiger partial charge < -0.3 is 25.0 Å². The molecule has 8 rings (SSSR count). The molecule has 0 aliphatic carbocycles. The van der Waals surface area contributed by atoms with E-state index < -0.39 is 4.92 Å². The Morgan fingerprint density at radius 2 is 1.08 bits per heavy atom. The molecule has 64 heavy (non-hydrogen) atoms. The van der Waals surface area contributed by atoms with Gasteiger partial charge in [-0.1, -0.05) is 47.5 Å². The average molecular weight is 918 g/mol. The minimum Gasteiger partial charge on any atom is -0.492 e. The number of nitrogens with zero attached hydrogens (tertiary/aromatic N) is 5. The van der Waals surface area contributed by atoms with E-state index in [1.165, 1.54) is 48.6 Å².